The number of carbonyl (C=O) groups excluding carboxylic acids is 2. The fourth-order valence-electron chi connectivity index (χ4n) is 4.71. The predicted octanol–water partition coefficient (Wildman–Crippen LogP) is 6.11. The number of fused-ring (bicyclic) bond motifs is 3. The van der Waals surface area contributed by atoms with Crippen LogP contribution in [0.25, 0.3) is 16.3 Å². The van der Waals surface area contributed by atoms with Crippen LogP contribution >= 0.6 is 0 Å². The first-order chi connectivity index (χ1) is 15.8. The van der Waals surface area contributed by atoms with Crippen LogP contribution in [-0.2, 0) is 15.9 Å². The molecule has 0 atom stereocenters. The molecule has 178 valence electrons. The Balaban J connectivity index is 2.42. The lowest BCUT2D eigenvalue weighted by molar-refractivity contribution is 0.0530. The van der Waals surface area contributed by atoms with Gasteiger partial charge in [0.1, 0.15) is 5.69 Å². The summed E-state index contributed by atoms with van der Waals surface area (Å²) in [5.74, 6) is -0.770. The molecule has 6 heteroatoms. The van der Waals surface area contributed by atoms with E-state index in [4.69, 9.17) is 9.47 Å². The lowest BCUT2D eigenvalue weighted by Crippen LogP contribution is -2.44. The van der Waals surface area contributed by atoms with Crippen LogP contribution in [-0.4, -0.2) is 38.1 Å². The van der Waals surface area contributed by atoms with Gasteiger partial charge in [0, 0.05) is 11.1 Å². The topological polar surface area (TPSA) is 57.0 Å². The second-order valence-corrected chi connectivity index (χ2v) is 14.6. The third kappa shape index (κ3) is 5.01. The van der Waals surface area contributed by atoms with Crippen molar-refractivity contribution in [2.45, 2.75) is 72.0 Å². The normalized spacial score (nSPS) is 11.8. The highest BCUT2D eigenvalue weighted by molar-refractivity contribution is 6.90. The minimum Gasteiger partial charge on any atom is -0.464 e. The van der Waals surface area contributed by atoms with E-state index in [-0.39, 0.29) is 12.6 Å². The number of methoxy groups -OCH3 is 1. The summed E-state index contributed by atoms with van der Waals surface area (Å²) >= 11 is 0. The number of aryl methyl sites for hydroxylation is 1. The summed E-state index contributed by atoms with van der Waals surface area (Å²) in [5, 5.41) is 2.83. The minimum atomic E-state index is -2.16. The van der Waals surface area contributed by atoms with Crippen LogP contribution in [0.1, 0.15) is 72.5 Å². The maximum Gasteiger partial charge on any atom is 0.354 e. The monoisotopic (exact) mass is 467 g/mol. The highest BCUT2D eigenvalue weighted by Crippen LogP contribution is 2.31. The summed E-state index contributed by atoms with van der Waals surface area (Å²) in [6, 6.07) is 10.2. The van der Waals surface area contributed by atoms with Crippen molar-refractivity contribution in [2.75, 3.05) is 13.7 Å². The van der Waals surface area contributed by atoms with Gasteiger partial charge in [-0.15, -0.1) is 0 Å². The first kappa shape index (κ1) is 25.0. The number of carbonyl (C=O) groups is 2. The molecule has 0 aliphatic heterocycles. The van der Waals surface area contributed by atoms with Gasteiger partial charge in [0.2, 0.25) is 0 Å². The molecule has 0 amide bonds. The van der Waals surface area contributed by atoms with Gasteiger partial charge in [-0.05, 0) is 36.4 Å². The van der Waals surface area contributed by atoms with E-state index in [9.17, 15) is 9.59 Å². The lowest BCUT2D eigenvalue weighted by atomic mass is 10.0. The van der Waals surface area contributed by atoms with Gasteiger partial charge in [-0.25, -0.2) is 9.59 Å². The molecule has 0 saturated carbocycles. The van der Waals surface area contributed by atoms with Crippen molar-refractivity contribution in [3.05, 3.63) is 47.3 Å². The highest BCUT2D eigenvalue weighted by atomic mass is 28.3. The Labute approximate surface area is 198 Å². The largest absolute Gasteiger partial charge is 0.464 e. The van der Waals surface area contributed by atoms with Crippen molar-refractivity contribution in [1.29, 1.82) is 0 Å². The standard InChI is InChI=1S/C27H37NO4Si/c1-7-9-10-11-12-16-20-18-19-15-13-14-17-21(19)23-22(26(29)32-8-2)25(33(4,5)6)24(28(20)23)27(30)31-3/h13-15,17-18H,7-12,16H2,1-6H3. The molecule has 0 bridgehead atoms. The van der Waals surface area contributed by atoms with E-state index in [1.54, 1.807) is 0 Å². The van der Waals surface area contributed by atoms with Gasteiger partial charge in [-0.1, -0.05) is 76.5 Å². The Morgan fingerprint density at radius 3 is 2.30 bits per heavy atom. The van der Waals surface area contributed by atoms with Crippen LogP contribution in [0.3, 0.4) is 0 Å². The summed E-state index contributed by atoms with van der Waals surface area (Å²) in [6.07, 6.45) is 6.64. The van der Waals surface area contributed by atoms with E-state index in [0.717, 1.165) is 46.4 Å². The maximum absolute atomic E-state index is 13.4. The molecule has 2 heterocycles. The zero-order valence-electron chi connectivity index (χ0n) is 20.9. The van der Waals surface area contributed by atoms with Gasteiger partial charge in [0.15, 0.2) is 0 Å². The molecule has 0 aliphatic rings. The average molecular weight is 468 g/mol. The minimum absolute atomic E-state index is 0.282. The molecule has 0 spiro atoms. The van der Waals surface area contributed by atoms with Crippen LogP contribution in [0.4, 0.5) is 0 Å². The molecule has 0 radical (unpaired) electrons. The number of aromatic nitrogens is 1. The lowest BCUT2D eigenvalue weighted by Gasteiger charge is -2.19. The highest BCUT2D eigenvalue weighted by Gasteiger charge is 2.37. The average Bonchev–Trinajstić information content (AvgIpc) is 3.16. The molecular weight excluding hydrogens is 430 g/mol. The molecule has 0 N–H and O–H groups in total. The van der Waals surface area contributed by atoms with E-state index in [1.165, 1.54) is 26.4 Å². The van der Waals surface area contributed by atoms with Crippen LogP contribution < -0.4 is 5.19 Å². The van der Waals surface area contributed by atoms with E-state index in [0.29, 0.717) is 11.3 Å². The molecule has 3 aromatic rings. The van der Waals surface area contributed by atoms with Gasteiger partial charge in [0.25, 0.3) is 0 Å². The van der Waals surface area contributed by atoms with Gasteiger partial charge >= 0.3 is 11.9 Å². The van der Waals surface area contributed by atoms with Gasteiger partial charge in [-0.3, -0.25) is 0 Å². The van der Waals surface area contributed by atoms with Gasteiger partial charge in [-0.2, -0.15) is 0 Å². The summed E-state index contributed by atoms with van der Waals surface area (Å²) in [7, 11) is -0.750. The predicted molar refractivity (Wildman–Crippen MR) is 138 cm³/mol. The molecule has 2 aromatic heterocycles. The fraction of sp³-hybridized carbons (Fsp3) is 0.481. The molecule has 0 fully saturated rings. The number of hydrogen-bond acceptors (Lipinski definition) is 4. The summed E-state index contributed by atoms with van der Waals surface area (Å²) in [5.41, 5.74) is 2.83. The Morgan fingerprint density at radius 2 is 1.67 bits per heavy atom. The second-order valence-electron chi connectivity index (χ2n) is 9.63. The van der Waals surface area contributed by atoms with Crippen molar-refractivity contribution in [2.24, 2.45) is 0 Å². The van der Waals surface area contributed by atoms with Crippen molar-refractivity contribution < 1.29 is 19.1 Å². The third-order valence-electron chi connectivity index (χ3n) is 6.14. The Kier molecular flexibility index (Phi) is 8.00. The number of pyridine rings is 1. The van der Waals surface area contributed by atoms with E-state index in [1.807, 2.05) is 29.5 Å². The SMILES string of the molecule is CCCCCCCc1cc2ccccc2c2c(C(=O)OCC)c([Si](C)(C)C)c(C(=O)OC)n12. The van der Waals surface area contributed by atoms with Crippen LogP contribution in [0.2, 0.25) is 19.6 Å². The van der Waals surface area contributed by atoms with Crippen molar-refractivity contribution in [3.63, 3.8) is 0 Å². The van der Waals surface area contributed by atoms with E-state index in [2.05, 4.69) is 38.7 Å². The molecule has 1 aromatic carbocycles. The molecule has 33 heavy (non-hydrogen) atoms. The zero-order chi connectivity index (χ0) is 24.2. The number of hydrogen-bond donors (Lipinski definition) is 0. The third-order valence-corrected chi connectivity index (χ3v) is 8.13. The number of benzene rings is 1. The smallest absolute Gasteiger partial charge is 0.354 e. The number of esters is 2. The first-order valence-corrected chi connectivity index (χ1v) is 15.6. The second kappa shape index (κ2) is 10.6. The van der Waals surface area contributed by atoms with Crippen molar-refractivity contribution >= 4 is 41.5 Å². The molecule has 3 rings (SSSR count). The Morgan fingerprint density at radius 1 is 0.970 bits per heavy atom. The maximum atomic E-state index is 13.4. The van der Waals surface area contributed by atoms with Crippen molar-refractivity contribution in [3.8, 4) is 0 Å². The summed E-state index contributed by atoms with van der Waals surface area (Å²) < 4.78 is 12.8. The van der Waals surface area contributed by atoms with Gasteiger partial charge in [0.05, 0.1) is 32.9 Å². The van der Waals surface area contributed by atoms with Crippen LogP contribution in [0.5, 0.6) is 0 Å². The number of ether oxygens (including phenoxy) is 2. The number of rotatable bonds is 10. The summed E-state index contributed by atoms with van der Waals surface area (Å²) in [4.78, 5) is 26.6. The molecule has 0 saturated heterocycles. The fourth-order valence-corrected chi connectivity index (χ4v) is 6.61. The Hall–Kier alpha value is -2.60. The van der Waals surface area contributed by atoms with E-state index < -0.39 is 14.0 Å². The molecular formula is C27H37NO4Si. The summed E-state index contributed by atoms with van der Waals surface area (Å²) in [6.45, 7) is 10.8. The molecule has 0 unspecified atom stereocenters. The zero-order valence-corrected chi connectivity index (χ0v) is 21.9. The van der Waals surface area contributed by atoms with Gasteiger partial charge < -0.3 is 13.9 Å². The van der Waals surface area contributed by atoms with Crippen LogP contribution in [0, 0.1) is 0 Å². The first-order valence-electron chi connectivity index (χ1n) is 12.1. The number of nitrogens with zero attached hydrogens (tertiary/aromatic N) is 1. The molecule has 0 aliphatic carbocycles. The quantitative estimate of drug-likeness (QED) is 0.205. The van der Waals surface area contributed by atoms with Crippen molar-refractivity contribution in [1.82, 2.24) is 4.40 Å². The number of unbranched alkanes of at least 4 members (excludes halogenated alkanes) is 4. The van der Waals surface area contributed by atoms with E-state index >= 15 is 0 Å². The molecule has 5 nitrogen and oxygen atoms in total. The van der Waals surface area contributed by atoms with Crippen LogP contribution in [0.15, 0.2) is 30.3 Å². The Bertz CT molecular complexity index is 1160.